The lowest BCUT2D eigenvalue weighted by atomic mass is 10.7. The molecule has 3 rings (SSSR count). The van der Waals surface area contributed by atoms with Crippen molar-refractivity contribution in [3.05, 3.63) is 36.8 Å². The maximum Gasteiger partial charge on any atom is 0.0971 e. The van der Waals surface area contributed by atoms with Crippen molar-refractivity contribution in [2.24, 2.45) is 0 Å². The molecule has 16 heavy (non-hydrogen) atoms. The van der Waals surface area contributed by atoms with Gasteiger partial charge in [0.05, 0.1) is 24.2 Å². The van der Waals surface area contributed by atoms with Gasteiger partial charge in [-0.2, -0.15) is 15.3 Å². The van der Waals surface area contributed by atoms with Gasteiger partial charge >= 0.3 is 0 Å². The molecule has 3 aromatic rings. The fraction of sp³-hybridized carbons (Fsp3) is 0. The normalized spacial score (nSPS) is 11.1. The molecule has 0 bridgehead atoms. The van der Waals surface area contributed by atoms with Crippen molar-refractivity contribution >= 4 is 24.2 Å². The molecular weight excluding hydrogens is 223 g/mol. The zero-order valence-corrected chi connectivity index (χ0v) is 9.15. The molecule has 0 radical (unpaired) electrons. The third kappa shape index (κ3) is 1.53. The number of rotatable bonds is 3. The summed E-state index contributed by atoms with van der Waals surface area (Å²) in [6.45, 7) is 0. The Bertz CT molecular complexity index is 445. The van der Waals surface area contributed by atoms with Crippen LogP contribution in [0.2, 0.25) is 0 Å². The molecule has 0 unspecified atom stereocenters. The maximum absolute atomic E-state index is 4.22. The highest BCUT2D eigenvalue weighted by Gasteiger charge is 2.22. The number of nitrogens with zero attached hydrogens (tertiary/aromatic N) is 3. The largest absolute Gasteiger partial charge is 0.285 e. The fourth-order valence-corrected chi connectivity index (χ4v) is 3.33. The number of aromatic nitrogens is 6. The maximum atomic E-state index is 4.22. The minimum absolute atomic E-state index is 0.762. The Labute approximate surface area is 92.2 Å². The SMILES string of the molecule is c1cc(P(c2cc[nH]n2)c2cc[nH]n2)n[nH]1. The standard InChI is InChI=1S/C9H9N6P/c1-4-10-13-7(1)16(8-2-5-11-14-8)9-3-6-12-15-9/h1-6H,(H,10,13)(H,11,14)(H,12,15). The summed E-state index contributed by atoms with van der Waals surface area (Å²) in [6, 6.07) is 5.86. The second-order valence-electron chi connectivity index (χ2n) is 3.13. The summed E-state index contributed by atoms with van der Waals surface area (Å²) in [5, 5.41) is 21.1. The lowest BCUT2D eigenvalue weighted by Gasteiger charge is -2.08. The van der Waals surface area contributed by atoms with Crippen molar-refractivity contribution in [3.8, 4) is 0 Å². The second-order valence-corrected chi connectivity index (χ2v) is 5.18. The highest BCUT2D eigenvalue weighted by atomic mass is 31.1. The highest BCUT2D eigenvalue weighted by Crippen LogP contribution is 2.28. The van der Waals surface area contributed by atoms with E-state index in [4.69, 9.17) is 0 Å². The second kappa shape index (κ2) is 3.90. The molecule has 3 N–H and O–H groups in total. The van der Waals surface area contributed by atoms with E-state index in [2.05, 4.69) is 30.6 Å². The molecule has 6 nitrogen and oxygen atoms in total. The van der Waals surface area contributed by atoms with Crippen LogP contribution < -0.4 is 16.3 Å². The highest BCUT2D eigenvalue weighted by molar-refractivity contribution is 7.79. The number of hydrogen-bond donors (Lipinski definition) is 3. The fourth-order valence-electron chi connectivity index (χ4n) is 1.48. The first kappa shape index (κ1) is 9.30. The van der Waals surface area contributed by atoms with Crippen LogP contribution in [0.15, 0.2) is 36.8 Å². The van der Waals surface area contributed by atoms with Gasteiger partial charge in [0.1, 0.15) is 0 Å². The summed E-state index contributed by atoms with van der Waals surface area (Å²) in [5.74, 6) is 0. The number of nitrogens with one attached hydrogen (secondary N) is 3. The van der Waals surface area contributed by atoms with Gasteiger partial charge in [-0.15, -0.1) is 0 Å². The van der Waals surface area contributed by atoms with E-state index in [1.807, 2.05) is 36.8 Å². The molecule has 0 fully saturated rings. The molecule has 0 aliphatic heterocycles. The van der Waals surface area contributed by atoms with E-state index in [-0.39, 0.29) is 0 Å². The minimum atomic E-state index is -0.762. The molecule has 3 heterocycles. The van der Waals surface area contributed by atoms with Gasteiger partial charge in [0.25, 0.3) is 0 Å². The molecule has 0 aliphatic rings. The smallest absolute Gasteiger partial charge is 0.0971 e. The van der Waals surface area contributed by atoms with Crippen LogP contribution >= 0.6 is 7.92 Å². The Morgan fingerprint density at radius 2 is 1.06 bits per heavy atom. The topological polar surface area (TPSA) is 86.0 Å². The van der Waals surface area contributed by atoms with Gasteiger partial charge in [0.15, 0.2) is 0 Å². The van der Waals surface area contributed by atoms with E-state index >= 15 is 0 Å². The molecule has 7 heteroatoms. The summed E-state index contributed by atoms with van der Waals surface area (Å²) in [7, 11) is -0.762. The van der Waals surface area contributed by atoms with Gasteiger partial charge in [0.2, 0.25) is 0 Å². The van der Waals surface area contributed by atoms with Gasteiger partial charge in [-0.1, -0.05) is 0 Å². The minimum Gasteiger partial charge on any atom is -0.285 e. The van der Waals surface area contributed by atoms with E-state index in [1.54, 1.807) is 0 Å². The Balaban J connectivity index is 2.09. The van der Waals surface area contributed by atoms with E-state index in [0.717, 1.165) is 16.3 Å². The van der Waals surface area contributed by atoms with Gasteiger partial charge in [-0.25, -0.2) is 0 Å². The van der Waals surface area contributed by atoms with Crippen LogP contribution in [0.4, 0.5) is 0 Å². The van der Waals surface area contributed by atoms with Crippen LogP contribution in [-0.4, -0.2) is 30.6 Å². The predicted molar refractivity (Wildman–Crippen MR) is 61.6 cm³/mol. The first-order chi connectivity index (χ1) is 7.95. The zero-order chi connectivity index (χ0) is 10.8. The van der Waals surface area contributed by atoms with Crippen molar-refractivity contribution in [3.63, 3.8) is 0 Å². The van der Waals surface area contributed by atoms with Crippen molar-refractivity contribution < 1.29 is 0 Å². The monoisotopic (exact) mass is 232 g/mol. The first-order valence-corrected chi connectivity index (χ1v) is 6.09. The van der Waals surface area contributed by atoms with Gasteiger partial charge in [0, 0.05) is 18.6 Å². The van der Waals surface area contributed by atoms with E-state index < -0.39 is 7.92 Å². The van der Waals surface area contributed by atoms with Crippen molar-refractivity contribution in [1.82, 2.24) is 30.6 Å². The molecule has 80 valence electrons. The third-order valence-corrected chi connectivity index (χ3v) is 4.27. The first-order valence-electron chi connectivity index (χ1n) is 4.74. The Kier molecular flexibility index (Phi) is 2.27. The van der Waals surface area contributed by atoms with Gasteiger partial charge in [-0.3, -0.25) is 15.3 Å². The van der Waals surface area contributed by atoms with Crippen LogP contribution in [0.3, 0.4) is 0 Å². The van der Waals surface area contributed by atoms with Crippen LogP contribution in [0, 0.1) is 0 Å². The molecule has 0 atom stereocenters. The van der Waals surface area contributed by atoms with Crippen LogP contribution in [0.25, 0.3) is 0 Å². The Hall–Kier alpha value is -1.94. The number of hydrogen-bond acceptors (Lipinski definition) is 3. The molecule has 0 spiro atoms. The third-order valence-electron chi connectivity index (χ3n) is 2.15. The summed E-state index contributed by atoms with van der Waals surface area (Å²) in [4.78, 5) is 0. The molecule has 0 aromatic carbocycles. The van der Waals surface area contributed by atoms with Crippen molar-refractivity contribution in [1.29, 1.82) is 0 Å². The molecule has 0 amide bonds. The molecule has 3 aromatic heterocycles. The quantitative estimate of drug-likeness (QED) is 0.538. The summed E-state index contributed by atoms with van der Waals surface area (Å²) in [6.07, 6.45) is 5.43. The average molecular weight is 232 g/mol. The zero-order valence-electron chi connectivity index (χ0n) is 8.25. The predicted octanol–water partition coefficient (Wildman–Crippen LogP) is -0.386. The number of aromatic amines is 3. The van der Waals surface area contributed by atoms with Crippen LogP contribution in [0.5, 0.6) is 0 Å². The Morgan fingerprint density at radius 1 is 0.688 bits per heavy atom. The van der Waals surface area contributed by atoms with E-state index in [9.17, 15) is 0 Å². The van der Waals surface area contributed by atoms with E-state index in [0.29, 0.717) is 0 Å². The summed E-state index contributed by atoms with van der Waals surface area (Å²) >= 11 is 0. The van der Waals surface area contributed by atoms with E-state index in [1.165, 1.54) is 0 Å². The van der Waals surface area contributed by atoms with Crippen LogP contribution in [-0.2, 0) is 0 Å². The number of H-pyrrole nitrogens is 3. The van der Waals surface area contributed by atoms with Gasteiger partial charge < -0.3 is 0 Å². The van der Waals surface area contributed by atoms with Crippen LogP contribution in [0.1, 0.15) is 0 Å². The van der Waals surface area contributed by atoms with Gasteiger partial charge in [-0.05, 0) is 18.2 Å². The molecule has 0 saturated carbocycles. The lowest BCUT2D eigenvalue weighted by molar-refractivity contribution is 1.10. The summed E-state index contributed by atoms with van der Waals surface area (Å²) < 4.78 is 0. The molecule has 0 aliphatic carbocycles. The van der Waals surface area contributed by atoms with Crippen molar-refractivity contribution in [2.45, 2.75) is 0 Å². The lowest BCUT2D eigenvalue weighted by Crippen LogP contribution is -2.23. The average Bonchev–Trinajstić information content (AvgIpc) is 3.02. The molecular formula is C9H9N6P. The summed E-state index contributed by atoms with van der Waals surface area (Å²) in [5.41, 5.74) is 2.90. The van der Waals surface area contributed by atoms with Crippen molar-refractivity contribution in [2.75, 3.05) is 0 Å². The Morgan fingerprint density at radius 3 is 1.31 bits per heavy atom. The molecule has 0 saturated heterocycles.